The van der Waals surface area contributed by atoms with Gasteiger partial charge in [0.15, 0.2) is 0 Å². The highest BCUT2D eigenvalue weighted by Crippen LogP contribution is 2.28. The van der Waals surface area contributed by atoms with Crippen LogP contribution in [0.2, 0.25) is 5.02 Å². The lowest BCUT2D eigenvalue weighted by Crippen LogP contribution is -2.51. The second-order valence-corrected chi connectivity index (χ2v) is 11.8. The molecule has 10 heteroatoms. The third kappa shape index (κ3) is 7.69. The van der Waals surface area contributed by atoms with Crippen LogP contribution in [0, 0.1) is 0 Å². The summed E-state index contributed by atoms with van der Waals surface area (Å²) in [6.07, 6.45) is 0. The van der Waals surface area contributed by atoms with Gasteiger partial charge in [-0.3, -0.25) is 13.9 Å². The minimum atomic E-state index is -4.17. The van der Waals surface area contributed by atoms with E-state index in [1.165, 1.54) is 17.0 Å². The Kier molecular flexibility index (Phi) is 10.2. The van der Waals surface area contributed by atoms with E-state index in [-0.39, 0.29) is 23.0 Å². The van der Waals surface area contributed by atoms with Crippen LogP contribution in [0.4, 0.5) is 5.69 Å². The topological polar surface area (TPSA) is 96.0 Å². The Morgan fingerprint density at radius 2 is 1.48 bits per heavy atom. The van der Waals surface area contributed by atoms with Gasteiger partial charge in [0.2, 0.25) is 11.8 Å². The third-order valence-corrected chi connectivity index (χ3v) is 8.50. The zero-order valence-corrected chi connectivity index (χ0v) is 24.9. The molecule has 42 heavy (non-hydrogen) atoms. The fourth-order valence-electron chi connectivity index (χ4n) is 4.29. The molecule has 0 unspecified atom stereocenters. The second kappa shape index (κ2) is 14.0. The number of hydrogen-bond donors (Lipinski definition) is 1. The van der Waals surface area contributed by atoms with Gasteiger partial charge in [-0.15, -0.1) is 0 Å². The van der Waals surface area contributed by atoms with E-state index in [2.05, 4.69) is 5.32 Å². The molecule has 218 valence electrons. The minimum Gasteiger partial charge on any atom is -0.457 e. The maximum Gasteiger partial charge on any atom is 0.264 e. The zero-order valence-electron chi connectivity index (χ0n) is 23.3. The van der Waals surface area contributed by atoms with Crippen LogP contribution in [0.25, 0.3) is 0 Å². The standard InChI is InChI=1S/C32H32ClN3O5S/c1-3-34-32(38)24(2)35(22-25-11-10-12-26(33)21-25)31(37)23-36(42(39,40)30-15-8-5-9-16-30)27-17-19-29(20-18-27)41-28-13-6-4-7-14-28/h4-21,24H,3,22-23H2,1-2H3,(H,34,38)/t24-/m0/s1. The van der Waals surface area contributed by atoms with Crippen molar-refractivity contribution < 1.29 is 22.7 Å². The number of likely N-dealkylation sites (N-methyl/N-ethyl adjacent to an activating group) is 1. The van der Waals surface area contributed by atoms with Gasteiger partial charge in [-0.25, -0.2) is 8.42 Å². The van der Waals surface area contributed by atoms with Crippen LogP contribution in [-0.4, -0.2) is 44.3 Å². The van der Waals surface area contributed by atoms with E-state index in [0.717, 1.165) is 4.31 Å². The first kappa shape index (κ1) is 30.6. The molecule has 0 aromatic heterocycles. The Labute approximate surface area is 251 Å². The van der Waals surface area contributed by atoms with Crippen LogP contribution in [0.1, 0.15) is 19.4 Å². The number of anilines is 1. The lowest BCUT2D eigenvalue weighted by molar-refractivity contribution is -0.139. The fourth-order valence-corrected chi connectivity index (χ4v) is 5.94. The quantitative estimate of drug-likeness (QED) is 0.218. The van der Waals surface area contributed by atoms with Gasteiger partial charge in [-0.1, -0.05) is 60.1 Å². The molecule has 0 spiro atoms. The number of nitrogens with zero attached hydrogens (tertiary/aromatic N) is 2. The number of ether oxygens (including phenoxy) is 1. The molecule has 0 radical (unpaired) electrons. The molecular weight excluding hydrogens is 574 g/mol. The van der Waals surface area contributed by atoms with Crippen LogP contribution >= 0.6 is 11.6 Å². The van der Waals surface area contributed by atoms with Gasteiger partial charge in [0, 0.05) is 18.1 Å². The maximum atomic E-state index is 13.9. The summed E-state index contributed by atoms with van der Waals surface area (Å²) >= 11 is 6.18. The summed E-state index contributed by atoms with van der Waals surface area (Å²) in [5.41, 5.74) is 0.966. The van der Waals surface area contributed by atoms with Crippen molar-refractivity contribution >= 4 is 39.1 Å². The molecular formula is C32H32ClN3O5S. The highest BCUT2D eigenvalue weighted by molar-refractivity contribution is 7.92. The zero-order chi connectivity index (χ0) is 30.1. The Morgan fingerprint density at radius 3 is 2.10 bits per heavy atom. The average molecular weight is 606 g/mol. The first-order valence-corrected chi connectivity index (χ1v) is 15.2. The summed E-state index contributed by atoms with van der Waals surface area (Å²) in [6.45, 7) is 3.29. The SMILES string of the molecule is CCNC(=O)[C@H](C)N(Cc1cccc(Cl)c1)C(=O)CN(c1ccc(Oc2ccccc2)cc1)S(=O)(=O)c1ccccc1. The fraction of sp³-hybridized carbons (Fsp3) is 0.188. The molecule has 0 aliphatic rings. The molecule has 4 aromatic rings. The Bertz CT molecular complexity index is 1600. The Hall–Kier alpha value is -4.34. The first-order valence-electron chi connectivity index (χ1n) is 13.4. The molecule has 0 aliphatic heterocycles. The smallest absolute Gasteiger partial charge is 0.264 e. The summed E-state index contributed by atoms with van der Waals surface area (Å²) in [5, 5.41) is 3.22. The van der Waals surface area contributed by atoms with E-state index in [1.54, 1.807) is 80.6 Å². The summed E-state index contributed by atoms with van der Waals surface area (Å²) in [6, 6.07) is 29.6. The number of hydrogen-bond acceptors (Lipinski definition) is 5. The lowest BCUT2D eigenvalue weighted by atomic mass is 10.1. The molecule has 0 saturated heterocycles. The van der Waals surface area contributed by atoms with Gasteiger partial charge in [0.05, 0.1) is 10.6 Å². The van der Waals surface area contributed by atoms with Crippen molar-refractivity contribution in [2.45, 2.75) is 31.3 Å². The van der Waals surface area contributed by atoms with Crippen molar-refractivity contribution in [3.05, 3.63) is 120 Å². The number of benzene rings is 4. The first-order chi connectivity index (χ1) is 20.2. The number of carbonyl (C=O) groups excluding carboxylic acids is 2. The third-order valence-electron chi connectivity index (χ3n) is 6.47. The number of carbonyl (C=O) groups is 2. The summed E-state index contributed by atoms with van der Waals surface area (Å²) in [5.74, 6) is 0.219. The predicted molar refractivity (Wildman–Crippen MR) is 164 cm³/mol. The van der Waals surface area contributed by atoms with Crippen LogP contribution in [-0.2, 0) is 26.2 Å². The molecule has 8 nitrogen and oxygen atoms in total. The molecule has 1 atom stereocenters. The number of sulfonamides is 1. The van der Waals surface area contributed by atoms with E-state index >= 15 is 0 Å². The molecule has 1 N–H and O–H groups in total. The highest BCUT2D eigenvalue weighted by atomic mass is 35.5. The van der Waals surface area contributed by atoms with Crippen molar-refractivity contribution in [1.29, 1.82) is 0 Å². The van der Waals surface area contributed by atoms with Crippen molar-refractivity contribution in [3.63, 3.8) is 0 Å². The van der Waals surface area contributed by atoms with E-state index < -0.39 is 28.5 Å². The molecule has 0 fully saturated rings. The van der Waals surface area contributed by atoms with E-state index in [4.69, 9.17) is 16.3 Å². The number of nitrogens with one attached hydrogen (secondary N) is 1. The number of rotatable bonds is 12. The summed E-state index contributed by atoms with van der Waals surface area (Å²) in [4.78, 5) is 28.2. The van der Waals surface area contributed by atoms with Crippen LogP contribution in [0.3, 0.4) is 0 Å². The molecule has 4 rings (SSSR count). The molecule has 0 bridgehead atoms. The van der Waals surface area contributed by atoms with Crippen molar-refractivity contribution in [1.82, 2.24) is 10.2 Å². The van der Waals surface area contributed by atoms with Crippen LogP contribution in [0.15, 0.2) is 114 Å². The molecule has 0 aliphatic carbocycles. The molecule has 0 heterocycles. The van der Waals surface area contributed by atoms with Crippen molar-refractivity contribution in [2.24, 2.45) is 0 Å². The second-order valence-electron chi connectivity index (χ2n) is 9.46. The Balaban J connectivity index is 1.69. The number of para-hydroxylation sites is 1. The van der Waals surface area contributed by atoms with Gasteiger partial charge >= 0.3 is 0 Å². The van der Waals surface area contributed by atoms with Gasteiger partial charge in [-0.05, 0) is 80.1 Å². The summed E-state index contributed by atoms with van der Waals surface area (Å²) in [7, 11) is -4.17. The normalized spacial score (nSPS) is 11.8. The number of amides is 2. The van der Waals surface area contributed by atoms with Crippen molar-refractivity contribution in [3.8, 4) is 11.5 Å². The molecule has 0 saturated carbocycles. The van der Waals surface area contributed by atoms with E-state index in [9.17, 15) is 18.0 Å². The van der Waals surface area contributed by atoms with Gasteiger partial charge in [-0.2, -0.15) is 0 Å². The van der Waals surface area contributed by atoms with Gasteiger partial charge < -0.3 is 15.0 Å². The number of halogens is 1. The van der Waals surface area contributed by atoms with Crippen molar-refractivity contribution in [2.75, 3.05) is 17.4 Å². The average Bonchev–Trinajstić information content (AvgIpc) is 3.00. The Morgan fingerprint density at radius 1 is 0.857 bits per heavy atom. The lowest BCUT2D eigenvalue weighted by Gasteiger charge is -2.32. The largest absolute Gasteiger partial charge is 0.457 e. The molecule has 2 amide bonds. The van der Waals surface area contributed by atoms with Gasteiger partial charge in [0.1, 0.15) is 24.1 Å². The van der Waals surface area contributed by atoms with E-state index in [1.807, 2.05) is 30.3 Å². The highest BCUT2D eigenvalue weighted by Gasteiger charge is 2.32. The predicted octanol–water partition coefficient (Wildman–Crippen LogP) is 5.88. The molecule has 4 aromatic carbocycles. The van der Waals surface area contributed by atoms with Crippen LogP contribution in [0.5, 0.6) is 11.5 Å². The monoisotopic (exact) mass is 605 g/mol. The van der Waals surface area contributed by atoms with Gasteiger partial charge in [0.25, 0.3) is 10.0 Å². The minimum absolute atomic E-state index is 0.0283. The summed E-state index contributed by atoms with van der Waals surface area (Å²) < 4.78 is 34.7. The maximum absolute atomic E-state index is 13.9. The van der Waals surface area contributed by atoms with E-state index in [0.29, 0.717) is 28.6 Å². The van der Waals surface area contributed by atoms with Crippen LogP contribution < -0.4 is 14.4 Å².